The molecule has 0 radical (unpaired) electrons. The molecule has 0 bridgehead atoms. The number of rotatable bonds is 6. The van der Waals surface area contributed by atoms with E-state index in [2.05, 4.69) is 5.32 Å². The maximum atomic E-state index is 13.0. The van der Waals surface area contributed by atoms with E-state index >= 15 is 0 Å². The molecule has 0 aliphatic heterocycles. The minimum Gasteiger partial charge on any atom is -0.352 e. The molecular weight excluding hydrogens is 403 g/mol. The third-order valence-electron chi connectivity index (χ3n) is 3.53. The lowest BCUT2D eigenvalue weighted by Gasteiger charge is -2.12. The Kier molecular flexibility index (Phi) is 5.92. The molecule has 0 saturated heterocycles. The van der Waals surface area contributed by atoms with E-state index in [4.69, 9.17) is 0 Å². The molecule has 0 spiro atoms. The lowest BCUT2D eigenvalue weighted by molar-refractivity contribution is -0.388. The van der Waals surface area contributed by atoms with Crippen LogP contribution < -0.4 is 10.0 Å². The quantitative estimate of drug-likeness (QED) is 0.553. The summed E-state index contributed by atoms with van der Waals surface area (Å²) >= 11 is 0. The van der Waals surface area contributed by atoms with Crippen molar-refractivity contribution in [3.8, 4) is 0 Å². The lowest BCUT2D eigenvalue weighted by atomic mass is 10.1. The summed E-state index contributed by atoms with van der Waals surface area (Å²) < 4.78 is 65.7. The van der Waals surface area contributed by atoms with Crippen LogP contribution in [0.4, 0.5) is 24.5 Å². The highest BCUT2D eigenvalue weighted by Gasteiger charge is 2.38. The molecule has 28 heavy (non-hydrogen) atoms. The fourth-order valence-corrected chi connectivity index (χ4v) is 3.26. The molecule has 8 nitrogen and oxygen atoms in total. The van der Waals surface area contributed by atoms with Crippen molar-refractivity contribution in [1.82, 2.24) is 5.32 Å². The van der Waals surface area contributed by atoms with E-state index in [0.717, 1.165) is 6.07 Å². The zero-order chi connectivity index (χ0) is 21.1. The summed E-state index contributed by atoms with van der Waals surface area (Å²) in [5.41, 5.74) is -2.61. The Bertz CT molecular complexity index is 1010. The second-order valence-corrected chi connectivity index (χ2v) is 7.33. The molecule has 0 aliphatic rings. The molecule has 2 N–H and O–H groups in total. The fraction of sp³-hybridized carbons (Fsp3) is 0.188. The number of amides is 1. The number of halogens is 3. The molecule has 0 unspecified atom stereocenters. The standard InChI is InChI=1S/C16H14F3N3O5S/c1-10(23)20-9-11-2-5-13(6-3-11)28(26,27)21-12-4-7-15(22(24)25)14(8-12)16(17,18)19/h2-8,21H,9H2,1H3,(H,20,23). The maximum absolute atomic E-state index is 13.0. The van der Waals surface area contributed by atoms with E-state index in [1.807, 2.05) is 4.72 Å². The largest absolute Gasteiger partial charge is 0.423 e. The number of nitrogens with one attached hydrogen (secondary N) is 2. The zero-order valence-corrected chi connectivity index (χ0v) is 15.1. The number of alkyl halides is 3. The molecule has 2 aromatic carbocycles. The predicted molar refractivity (Wildman–Crippen MR) is 92.9 cm³/mol. The second-order valence-electron chi connectivity index (χ2n) is 5.65. The van der Waals surface area contributed by atoms with Gasteiger partial charge in [0.05, 0.1) is 9.82 Å². The number of nitro benzene ring substituents is 1. The molecule has 0 atom stereocenters. The normalized spacial score (nSPS) is 11.7. The van der Waals surface area contributed by atoms with E-state index < -0.39 is 38.1 Å². The summed E-state index contributed by atoms with van der Waals surface area (Å²) in [6, 6.07) is 7.11. The smallest absolute Gasteiger partial charge is 0.352 e. The van der Waals surface area contributed by atoms with Crippen molar-refractivity contribution in [3.05, 3.63) is 63.7 Å². The van der Waals surface area contributed by atoms with Crippen LogP contribution in [0.3, 0.4) is 0 Å². The van der Waals surface area contributed by atoms with Crippen molar-refractivity contribution in [2.24, 2.45) is 0 Å². The highest BCUT2D eigenvalue weighted by atomic mass is 32.2. The van der Waals surface area contributed by atoms with E-state index in [0.29, 0.717) is 17.7 Å². The fourth-order valence-electron chi connectivity index (χ4n) is 2.21. The van der Waals surface area contributed by atoms with Gasteiger partial charge in [0, 0.05) is 25.2 Å². The monoisotopic (exact) mass is 417 g/mol. The van der Waals surface area contributed by atoms with Crippen LogP contribution in [0.15, 0.2) is 47.4 Å². The van der Waals surface area contributed by atoms with Crippen LogP contribution in [0.2, 0.25) is 0 Å². The molecular formula is C16H14F3N3O5S. The van der Waals surface area contributed by atoms with Gasteiger partial charge >= 0.3 is 6.18 Å². The summed E-state index contributed by atoms with van der Waals surface area (Å²) in [5, 5.41) is 13.3. The Balaban J connectivity index is 2.29. The van der Waals surface area contributed by atoms with Gasteiger partial charge in [-0.3, -0.25) is 19.6 Å². The minimum absolute atomic E-state index is 0.181. The topological polar surface area (TPSA) is 118 Å². The molecule has 2 rings (SSSR count). The number of hydrogen-bond donors (Lipinski definition) is 2. The molecule has 0 aromatic heterocycles. The molecule has 150 valence electrons. The van der Waals surface area contributed by atoms with Gasteiger partial charge in [0.25, 0.3) is 15.7 Å². The number of nitrogens with zero attached hydrogens (tertiary/aromatic N) is 1. The van der Waals surface area contributed by atoms with Gasteiger partial charge in [-0.25, -0.2) is 8.42 Å². The van der Waals surface area contributed by atoms with Gasteiger partial charge in [-0.1, -0.05) is 12.1 Å². The molecule has 2 aromatic rings. The molecule has 0 heterocycles. The first-order chi connectivity index (χ1) is 12.9. The molecule has 12 heteroatoms. The number of carbonyl (C=O) groups is 1. The Morgan fingerprint density at radius 3 is 2.25 bits per heavy atom. The van der Waals surface area contributed by atoms with Crippen LogP contribution in [0.1, 0.15) is 18.1 Å². The van der Waals surface area contributed by atoms with Crippen molar-refractivity contribution in [3.63, 3.8) is 0 Å². The molecule has 1 amide bonds. The maximum Gasteiger partial charge on any atom is 0.423 e. The van der Waals surface area contributed by atoms with Gasteiger partial charge in [0.2, 0.25) is 5.91 Å². The molecule has 0 fully saturated rings. The van der Waals surface area contributed by atoms with Crippen LogP contribution in [-0.4, -0.2) is 19.2 Å². The number of carbonyl (C=O) groups excluding carboxylic acids is 1. The Morgan fingerprint density at radius 2 is 1.75 bits per heavy atom. The summed E-state index contributed by atoms with van der Waals surface area (Å²) in [6.07, 6.45) is -5.03. The Morgan fingerprint density at radius 1 is 1.14 bits per heavy atom. The van der Waals surface area contributed by atoms with Crippen molar-refractivity contribution in [2.75, 3.05) is 4.72 Å². The molecule has 0 saturated carbocycles. The molecule has 0 aliphatic carbocycles. The average Bonchev–Trinajstić information content (AvgIpc) is 2.59. The van der Waals surface area contributed by atoms with Gasteiger partial charge < -0.3 is 5.32 Å². The van der Waals surface area contributed by atoms with Crippen LogP contribution in [0, 0.1) is 10.1 Å². The average molecular weight is 417 g/mol. The van der Waals surface area contributed by atoms with Crippen molar-refractivity contribution in [2.45, 2.75) is 24.5 Å². The number of hydrogen-bond acceptors (Lipinski definition) is 5. The zero-order valence-electron chi connectivity index (χ0n) is 14.3. The Labute approximate surface area is 157 Å². The highest BCUT2D eigenvalue weighted by Crippen LogP contribution is 2.37. The van der Waals surface area contributed by atoms with E-state index in [1.54, 1.807) is 0 Å². The minimum atomic E-state index is -5.03. The SMILES string of the molecule is CC(=O)NCc1ccc(S(=O)(=O)Nc2ccc([N+](=O)[O-])c(C(F)(F)F)c2)cc1. The summed E-state index contributed by atoms with van der Waals surface area (Å²) in [5.74, 6) is -0.267. The summed E-state index contributed by atoms with van der Waals surface area (Å²) in [7, 11) is -4.23. The van der Waals surface area contributed by atoms with E-state index in [9.17, 15) is 36.5 Å². The van der Waals surface area contributed by atoms with Gasteiger partial charge in [0.1, 0.15) is 5.56 Å². The number of sulfonamides is 1. The predicted octanol–water partition coefficient (Wildman–Crippen LogP) is 3.05. The van der Waals surface area contributed by atoms with Crippen molar-refractivity contribution < 1.29 is 31.3 Å². The first-order valence-electron chi connectivity index (χ1n) is 7.62. The number of nitro groups is 1. The number of anilines is 1. The second kappa shape index (κ2) is 7.84. The Hall–Kier alpha value is -3.15. The van der Waals surface area contributed by atoms with Crippen LogP contribution >= 0.6 is 0 Å². The van der Waals surface area contributed by atoms with E-state index in [1.165, 1.54) is 31.2 Å². The third kappa shape index (κ3) is 5.19. The van der Waals surface area contributed by atoms with Crippen molar-refractivity contribution >= 4 is 27.3 Å². The van der Waals surface area contributed by atoms with E-state index in [-0.39, 0.29) is 17.3 Å². The van der Waals surface area contributed by atoms with Gasteiger partial charge in [-0.2, -0.15) is 13.2 Å². The van der Waals surface area contributed by atoms with Gasteiger partial charge in [-0.05, 0) is 29.8 Å². The van der Waals surface area contributed by atoms with Gasteiger partial charge in [0.15, 0.2) is 0 Å². The highest BCUT2D eigenvalue weighted by molar-refractivity contribution is 7.92. The first-order valence-corrected chi connectivity index (χ1v) is 9.10. The van der Waals surface area contributed by atoms with Crippen LogP contribution in [0.25, 0.3) is 0 Å². The summed E-state index contributed by atoms with van der Waals surface area (Å²) in [6.45, 7) is 1.50. The third-order valence-corrected chi connectivity index (χ3v) is 4.92. The van der Waals surface area contributed by atoms with Crippen LogP contribution in [0.5, 0.6) is 0 Å². The number of benzene rings is 2. The lowest BCUT2D eigenvalue weighted by Crippen LogP contribution is -2.19. The van der Waals surface area contributed by atoms with Crippen molar-refractivity contribution in [1.29, 1.82) is 0 Å². The van der Waals surface area contributed by atoms with Gasteiger partial charge in [-0.15, -0.1) is 0 Å². The summed E-state index contributed by atoms with van der Waals surface area (Å²) in [4.78, 5) is 20.2. The van der Waals surface area contributed by atoms with Crippen LogP contribution in [-0.2, 0) is 27.5 Å². The first kappa shape index (κ1) is 21.2.